The van der Waals surface area contributed by atoms with Crippen molar-refractivity contribution in [2.75, 3.05) is 39.2 Å². The molecule has 7 nitrogen and oxygen atoms in total. The van der Waals surface area contributed by atoms with Crippen LogP contribution in [0.2, 0.25) is 0 Å². The molecule has 38 heavy (non-hydrogen) atoms. The largest absolute Gasteiger partial charge is 0.493 e. The molecule has 0 fully saturated rings. The van der Waals surface area contributed by atoms with Crippen LogP contribution in [-0.2, 0) is 17.8 Å². The zero-order valence-corrected chi connectivity index (χ0v) is 23.7. The maximum Gasteiger partial charge on any atom is 0.322 e. The molecule has 2 aromatic carbocycles. The number of rotatable bonds is 12. The fraction of sp³-hybridized carbons (Fsp3) is 0.333. The molecular weight excluding hydrogens is 498 g/mol. The van der Waals surface area contributed by atoms with Gasteiger partial charge in [0.25, 0.3) is 0 Å². The molecule has 1 N–H and O–H groups in total. The summed E-state index contributed by atoms with van der Waals surface area (Å²) in [6.07, 6.45) is 2.26. The Hall–Kier alpha value is -3.78. The summed E-state index contributed by atoms with van der Waals surface area (Å²) in [5.41, 5.74) is 4.98. The van der Waals surface area contributed by atoms with Gasteiger partial charge in [-0.25, -0.2) is 4.79 Å². The lowest BCUT2D eigenvalue weighted by Crippen LogP contribution is -2.45. The average Bonchev–Trinajstić information content (AvgIpc) is 3.31. The van der Waals surface area contributed by atoms with Crippen LogP contribution in [0.25, 0.3) is 0 Å². The van der Waals surface area contributed by atoms with E-state index in [1.807, 2.05) is 67.4 Å². The standard InChI is InChI=1S/C30H37N3O4S/c1-7-14-33(30(35)31-25-10-8-21(2)17-23(25)4)20-29(34)32(19-28-22(3)13-16-38-28)15-12-24-9-11-26(36-5)27(18-24)37-6/h7-11,13,16-18H,1,12,14-15,19-20H2,2-6H3,(H,31,35). The highest BCUT2D eigenvalue weighted by atomic mass is 32.1. The summed E-state index contributed by atoms with van der Waals surface area (Å²) in [7, 11) is 3.21. The zero-order chi connectivity index (χ0) is 27.7. The zero-order valence-electron chi connectivity index (χ0n) is 22.9. The first kappa shape index (κ1) is 28.8. The molecule has 0 bridgehead atoms. The topological polar surface area (TPSA) is 71.1 Å². The molecule has 3 rings (SSSR count). The van der Waals surface area contributed by atoms with E-state index in [0.29, 0.717) is 31.0 Å². The summed E-state index contributed by atoms with van der Waals surface area (Å²) in [5, 5.41) is 4.98. The highest BCUT2D eigenvalue weighted by Crippen LogP contribution is 2.28. The quantitative estimate of drug-likeness (QED) is 0.290. The molecule has 0 aliphatic heterocycles. The molecule has 8 heteroatoms. The average molecular weight is 536 g/mol. The van der Waals surface area contributed by atoms with Gasteiger partial charge in [-0.15, -0.1) is 17.9 Å². The number of carbonyl (C=O) groups excluding carboxylic acids is 2. The lowest BCUT2D eigenvalue weighted by Gasteiger charge is -2.27. The Labute approximate surface area is 229 Å². The van der Waals surface area contributed by atoms with Gasteiger partial charge in [-0.1, -0.05) is 29.8 Å². The number of hydrogen-bond donors (Lipinski definition) is 1. The molecule has 3 aromatic rings. The second-order valence-electron chi connectivity index (χ2n) is 9.20. The molecule has 0 aliphatic rings. The summed E-state index contributed by atoms with van der Waals surface area (Å²) < 4.78 is 10.8. The van der Waals surface area contributed by atoms with Gasteiger partial charge in [0, 0.05) is 23.7 Å². The highest BCUT2D eigenvalue weighted by molar-refractivity contribution is 7.10. The number of nitrogens with zero attached hydrogens (tertiary/aromatic N) is 2. The molecule has 0 unspecified atom stereocenters. The van der Waals surface area contributed by atoms with Crippen LogP contribution in [-0.4, -0.2) is 55.6 Å². The number of amides is 3. The number of hydrogen-bond acceptors (Lipinski definition) is 5. The number of carbonyl (C=O) groups is 2. The Morgan fingerprint density at radius 1 is 0.974 bits per heavy atom. The molecule has 3 amide bonds. The van der Waals surface area contributed by atoms with Crippen LogP contribution >= 0.6 is 11.3 Å². The van der Waals surface area contributed by atoms with Crippen LogP contribution in [0.4, 0.5) is 10.5 Å². The van der Waals surface area contributed by atoms with Gasteiger partial charge in [0.1, 0.15) is 6.54 Å². The van der Waals surface area contributed by atoms with Crippen molar-refractivity contribution in [2.45, 2.75) is 33.7 Å². The highest BCUT2D eigenvalue weighted by Gasteiger charge is 2.22. The first-order valence-electron chi connectivity index (χ1n) is 12.5. The molecule has 202 valence electrons. The molecule has 1 heterocycles. The fourth-order valence-electron chi connectivity index (χ4n) is 4.12. The van der Waals surface area contributed by atoms with Gasteiger partial charge < -0.3 is 24.6 Å². The third-order valence-corrected chi connectivity index (χ3v) is 7.37. The van der Waals surface area contributed by atoms with E-state index in [-0.39, 0.29) is 25.0 Å². The van der Waals surface area contributed by atoms with Crippen molar-refractivity contribution < 1.29 is 19.1 Å². The Morgan fingerprint density at radius 2 is 1.74 bits per heavy atom. The molecule has 0 saturated heterocycles. The van der Waals surface area contributed by atoms with Crippen LogP contribution in [0.1, 0.15) is 27.1 Å². The van der Waals surface area contributed by atoms with E-state index in [0.717, 1.165) is 32.8 Å². The van der Waals surface area contributed by atoms with Crippen LogP contribution in [0.3, 0.4) is 0 Å². The van der Waals surface area contributed by atoms with E-state index in [2.05, 4.69) is 18.0 Å². The molecule has 0 radical (unpaired) electrons. The van der Waals surface area contributed by atoms with Gasteiger partial charge in [0.15, 0.2) is 11.5 Å². The Kier molecular flexibility index (Phi) is 10.4. The maximum atomic E-state index is 13.6. The van der Waals surface area contributed by atoms with Crippen LogP contribution in [0, 0.1) is 20.8 Å². The third-order valence-electron chi connectivity index (χ3n) is 6.36. The summed E-state index contributed by atoms with van der Waals surface area (Å²) in [6.45, 7) is 11.0. The van der Waals surface area contributed by atoms with Crippen molar-refractivity contribution in [1.29, 1.82) is 0 Å². The Balaban J connectivity index is 1.76. The first-order valence-corrected chi connectivity index (χ1v) is 13.4. The van der Waals surface area contributed by atoms with Crippen molar-refractivity contribution >= 4 is 29.0 Å². The van der Waals surface area contributed by atoms with Gasteiger partial charge in [-0.05, 0) is 73.5 Å². The summed E-state index contributed by atoms with van der Waals surface area (Å²) in [4.78, 5) is 31.2. The number of ether oxygens (including phenoxy) is 2. The number of anilines is 1. The monoisotopic (exact) mass is 535 g/mol. The normalized spacial score (nSPS) is 10.6. The molecule has 0 spiro atoms. The van der Waals surface area contributed by atoms with Crippen LogP contribution in [0.15, 0.2) is 60.5 Å². The van der Waals surface area contributed by atoms with E-state index in [1.165, 1.54) is 4.90 Å². The molecule has 0 atom stereocenters. The smallest absolute Gasteiger partial charge is 0.322 e. The molecule has 0 saturated carbocycles. The van der Waals surface area contributed by atoms with Crippen molar-refractivity contribution in [3.05, 3.63) is 87.6 Å². The van der Waals surface area contributed by atoms with Crippen molar-refractivity contribution in [3.8, 4) is 11.5 Å². The first-order chi connectivity index (χ1) is 18.2. The van der Waals surface area contributed by atoms with Gasteiger partial charge in [0.2, 0.25) is 5.91 Å². The minimum Gasteiger partial charge on any atom is -0.493 e. The lowest BCUT2D eigenvalue weighted by molar-refractivity contribution is -0.132. The second-order valence-corrected chi connectivity index (χ2v) is 10.2. The lowest BCUT2D eigenvalue weighted by atomic mass is 10.1. The van der Waals surface area contributed by atoms with Gasteiger partial charge in [-0.2, -0.15) is 0 Å². The number of thiophene rings is 1. The number of urea groups is 1. The van der Waals surface area contributed by atoms with E-state index < -0.39 is 0 Å². The fourth-order valence-corrected chi connectivity index (χ4v) is 5.04. The third kappa shape index (κ3) is 7.61. The Morgan fingerprint density at radius 3 is 2.37 bits per heavy atom. The predicted octanol–water partition coefficient (Wildman–Crippen LogP) is 5.98. The minimum absolute atomic E-state index is 0.0564. The molecule has 0 aliphatic carbocycles. The number of benzene rings is 2. The predicted molar refractivity (Wildman–Crippen MR) is 154 cm³/mol. The van der Waals surface area contributed by atoms with Crippen LogP contribution < -0.4 is 14.8 Å². The van der Waals surface area contributed by atoms with Crippen molar-refractivity contribution in [2.24, 2.45) is 0 Å². The number of aryl methyl sites for hydroxylation is 3. The summed E-state index contributed by atoms with van der Waals surface area (Å²) >= 11 is 1.63. The summed E-state index contributed by atoms with van der Waals surface area (Å²) in [5.74, 6) is 1.18. The van der Waals surface area contributed by atoms with Gasteiger partial charge in [0.05, 0.1) is 20.8 Å². The molecule has 1 aromatic heterocycles. The van der Waals surface area contributed by atoms with E-state index in [9.17, 15) is 9.59 Å². The SMILES string of the molecule is C=CCN(CC(=O)N(CCc1ccc(OC)c(OC)c1)Cc1sccc1C)C(=O)Nc1ccc(C)cc1C. The van der Waals surface area contributed by atoms with Gasteiger partial charge >= 0.3 is 6.03 Å². The summed E-state index contributed by atoms with van der Waals surface area (Å²) in [6, 6.07) is 13.3. The maximum absolute atomic E-state index is 13.6. The Bertz CT molecular complexity index is 1270. The number of nitrogens with one attached hydrogen (secondary N) is 1. The van der Waals surface area contributed by atoms with E-state index >= 15 is 0 Å². The van der Waals surface area contributed by atoms with Gasteiger partial charge in [-0.3, -0.25) is 4.79 Å². The second kappa shape index (κ2) is 13.7. The van der Waals surface area contributed by atoms with Crippen molar-refractivity contribution in [3.63, 3.8) is 0 Å². The number of methoxy groups -OCH3 is 2. The van der Waals surface area contributed by atoms with E-state index in [1.54, 1.807) is 31.6 Å². The minimum atomic E-state index is -0.336. The van der Waals surface area contributed by atoms with E-state index in [4.69, 9.17) is 9.47 Å². The van der Waals surface area contributed by atoms with Crippen molar-refractivity contribution in [1.82, 2.24) is 9.80 Å². The van der Waals surface area contributed by atoms with Crippen LogP contribution in [0.5, 0.6) is 11.5 Å². The molecular formula is C30H37N3O4S.